The molecule has 2 aliphatic carbocycles. The highest BCUT2D eigenvalue weighted by Crippen LogP contribution is 2.69. The highest BCUT2D eigenvalue weighted by Gasteiger charge is 2.69. The van der Waals surface area contributed by atoms with E-state index in [9.17, 15) is 32.3 Å². The number of imide groups is 1. The number of thiazole rings is 1. The Morgan fingerprint density at radius 3 is 2.44 bits per heavy atom. The maximum atomic E-state index is 14.0. The topological polar surface area (TPSA) is 118 Å². The van der Waals surface area contributed by atoms with E-state index in [1.54, 1.807) is 18.2 Å². The molecule has 3 fully saturated rings. The Kier molecular flexibility index (Phi) is 8.05. The SMILES string of the molecule is CCOc1cc([C@H]2c3sc(=O)[nH]c3SC3C2[C@H]2C[C@@H]3C3C(=O)N(c4cccc(C(F)(F)F)c4)C(=O)C32)ccc1OCC(=O)Nc1ccccc1. The van der Waals surface area contributed by atoms with E-state index >= 15 is 0 Å². The second-order valence-corrected chi connectivity index (χ2v) is 15.1. The van der Waals surface area contributed by atoms with Gasteiger partial charge in [-0.05, 0) is 79.1 Å². The minimum Gasteiger partial charge on any atom is -0.490 e. The van der Waals surface area contributed by atoms with Crippen molar-refractivity contribution in [3.8, 4) is 11.5 Å². The lowest BCUT2D eigenvalue weighted by Gasteiger charge is -2.43. The van der Waals surface area contributed by atoms with E-state index in [4.69, 9.17) is 9.47 Å². The van der Waals surface area contributed by atoms with Crippen LogP contribution in [-0.4, -0.2) is 41.2 Å². The van der Waals surface area contributed by atoms with Gasteiger partial charge in [-0.1, -0.05) is 41.7 Å². The van der Waals surface area contributed by atoms with Crippen molar-refractivity contribution in [3.63, 3.8) is 0 Å². The number of para-hydroxylation sites is 1. The lowest BCUT2D eigenvalue weighted by molar-refractivity contribution is -0.137. The molecule has 50 heavy (non-hydrogen) atoms. The third kappa shape index (κ3) is 5.39. The zero-order valence-electron chi connectivity index (χ0n) is 26.4. The Hall–Kier alpha value is -4.56. The van der Waals surface area contributed by atoms with Crippen molar-refractivity contribution in [2.75, 3.05) is 23.4 Å². The number of halogens is 3. The summed E-state index contributed by atoms with van der Waals surface area (Å²) in [5.41, 5.74) is 0.467. The number of aromatic amines is 1. The standard InChI is InChI=1S/C36H30F3N3O6S2/c1-2-47-24-13-17(11-12-23(24)48-16-25(43)40-19-8-4-3-5-9-19)26-27-21-15-22(30(27)49-32-31(26)50-35(46)41-32)29-28(21)33(44)42(34(29)45)20-10-6-7-18(14-20)36(37,38)39/h3-14,21-22,26-30H,2,15-16H2,1H3,(H,40,43)(H,41,46)/t21-,22-,26-,27?,28?,29?,30?/m1/s1. The quantitative estimate of drug-likeness (QED) is 0.198. The Morgan fingerprint density at radius 1 is 0.940 bits per heavy atom. The van der Waals surface area contributed by atoms with Crippen molar-refractivity contribution in [1.82, 2.24) is 4.98 Å². The van der Waals surface area contributed by atoms with Gasteiger partial charge in [-0.25, -0.2) is 0 Å². The summed E-state index contributed by atoms with van der Waals surface area (Å²) in [5.74, 6) is -2.74. The van der Waals surface area contributed by atoms with E-state index < -0.39 is 35.4 Å². The first kappa shape index (κ1) is 32.6. The second kappa shape index (κ2) is 12.3. The highest BCUT2D eigenvalue weighted by atomic mass is 32.2. The van der Waals surface area contributed by atoms with Gasteiger partial charge in [-0.15, -0.1) is 11.8 Å². The number of nitrogens with one attached hydrogen (secondary N) is 2. The van der Waals surface area contributed by atoms with Crippen LogP contribution in [0.25, 0.3) is 0 Å². The van der Waals surface area contributed by atoms with Gasteiger partial charge in [-0.2, -0.15) is 13.2 Å². The van der Waals surface area contributed by atoms with Crippen LogP contribution in [0, 0.1) is 29.6 Å². The molecule has 3 amide bonds. The van der Waals surface area contributed by atoms with E-state index in [0.29, 0.717) is 30.2 Å². The largest absolute Gasteiger partial charge is 0.490 e. The normalized spacial score (nSPS) is 26.4. The Morgan fingerprint density at radius 2 is 1.70 bits per heavy atom. The predicted octanol–water partition coefficient (Wildman–Crippen LogP) is 6.55. The van der Waals surface area contributed by atoms with E-state index in [-0.39, 0.29) is 52.0 Å². The summed E-state index contributed by atoms with van der Waals surface area (Å²) in [6.07, 6.45) is -4.00. The number of amides is 3. The number of alkyl halides is 3. The maximum Gasteiger partial charge on any atom is 0.416 e. The molecule has 7 atom stereocenters. The van der Waals surface area contributed by atoms with E-state index in [1.807, 2.05) is 37.3 Å². The summed E-state index contributed by atoms with van der Waals surface area (Å²) in [4.78, 5) is 57.8. The van der Waals surface area contributed by atoms with Crippen LogP contribution in [0.2, 0.25) is 0 Å². The third-order valence-corrected chi connectivity index (χ3v) is 12.8. The molecule has 3 heterocycles. The zero-order chi connectivity index (χ0) is 34.9. The Bertz CT molecular complexity index is 2070. The molecule has 4 unspecified atom stereocenters. The fourth-order valence-corrected chi connectivity index (χ4v) is 11.3. The fourth-order valence-electron chi connectivity index (χ4n) is 8.43. The lowest BCUT2D eigenvalue weighted by atomic mass is 9.68. The number of aromatic nitrogens is 1. The van der Waals surface area contributed by atoms with Crippen molar-refractivity contribution < 1.29 is 37.0 Å². The predicted molar refractivity (Wildman–Crippen MR) is 181 cm³/mol. The monoisotopic (exact) mass is 721 g/mol. The molecule has 258 valence electrons. The molecule has 1 saturated heterocycles. The molecule has 2 saturated carbocycles. The minimum atomic E-state index is -4.63. The van der Waals surface area contributed by atoms with Gasteiger partial charge in [0.25, 0.3) is 5.91 Å². The first-order valence-electron chi connectivity index (χ1n) is 16.2. The number of benzene rings is 3. The molecule has 1 aromatic heterocycles. The summed E-state index contributed by atoms with van der Waals surface area (Å²) in [6, 6.07) is 18.8. The third-order valence-electron chi connectivity index (χ3n) is 10.2. The summed E-state index contributed by atoms with van der Waals surface area (Å²) in [6.45, 7) is 1.90. The Labute approximate surface area is 292 Å². The van der Waals surface area contributed by atoms with Gasteiger partial charge in [0, 0.05) is 21.7 Å². The Balaban J connectivity index is 1.11. The van der Waals surface area contributed by atoms with Crippen molar-refractivity contribution >= 4 is 52.2 Å². The summed E-state index contributed by atoms with van der Waals surface area (Å²) in [7, 11) is 0. The van der Waals surface area contributed by atoms with Crippen molar-refractivity contribution in [2.24, 2.45) is 29.6 Å². The van der Waals surface area contributed by atoms with E-state index in [0.717, 1.165) is 43.8 Å². The van der Waals surface area contributed by atoms with E-state index in [2.05, 4.69) is 10.3 Å². The van der Waals surface area contributed by atoms with Crippen molar-refractivity contribution in [2.45, 2.75) is 35.7 Å². The van der Waals surface area contributed by atoms with Crippen LogP contribution in [-0.2, 0) is 20.6 Å². The van der Waals surface area contributed by atoms with Crippen LogP contribution >= 0.6 is 23.1 Å². The molecule has 0 radical (unpaired) electrons. The van der Waals surface area contributed by atoms with Gasteiger partial charge in [0.2, 0.25) is 11.8 Å². The molecular weight excluding hydrogens is 692 g/mol. The molecule has 2 bridgehead atoms. The molecule has 2 aliphatic heterocycles. The second-order valence-electron chi connectivity index (χ2n) is 12.9. The average molecular weight is 722 g/mol. The van der Waals surface area contributed by atoms with Gasteiger partial charge < -0.3 is 19.8 Å². The van der Waals surface area contributed by atoms with Crippen molar-refractivity contribution in [3.05, 3.63) is 98.5 Å². The number of hydrogen-bond acceptors (Lipinski definition) is 8. The molecule has 4 aliphatic rings. The molecule has 3 aromatic carbocycles. The number of fused-ring (bicyclic) bond motifs is 9. The zero-order valence-corrected chi connectivity index (χ0v) is 28.1. The van der Waals surface area contributed by atoms with Gasteiger partial charge >= 0.3 is 11.0 Å². The van der Waals surface area contributed by atoms with Crippen LogP contribution in [0.5, 0.6) is 11.5 Å². The molecule has 0 spiro atoms. The van der Waals surface area contributed by atoms with Gasteiger partial charge in [0.15, 0.2) is 18.1 Å². The first-order valence-corrected chi connectivity index (χ1v) is 17.9. The number of anilines is 2. The highest BCUT2D eigenvalue weighted by molar-refractivity contribution is 8.00. The van der Waals surface area contributed by atoms with Crippen molar-refractivity contribution in [1.29, 1.82) is 0 Å². The van der Waals surface area contributed by atoms with Crippen LogP contribution < -0.4 is 24.6 Å². The van der Waals surface area contributed by atoms with Crippen LogP contribution in [0.4, 0.5) is 24.5 Å². The molecule has 14 heteroatoms. The van der Waals surface area contributed by atoms with E-state index in [1.165, 1.54) is 23.9 Å². The van der Waals surface area contributed by atoms with Gasteiger partial charge in [-0.3, -0.25) is 24.1 Å². The molecule has 8 rings (SSSR count). The van der Waals surface area contributed by atoms with Gasteiger partial charge in [0.05, 0.1) is 34.7 Å². The molecular formula is C36H30F3N3O6S2. The van der Waals surface area contributed by atoms with Crippen LogP contribution in [0.1, 0.15) is 35.3 Å². The number of carbonyl (C=O) groups excluding carboxylic acids is 3. The summed E-state index contributed by atoms with van der Waals surface area (Å²) >= 11 is 2.63. The van der Waals surface area contributed by atoms with Crippen LogP contribution in [0.3, 0.4) is 0 Å². The lowest BCUT2D eigenvalue weighted by Crippen LogP contribution is -2.42. The molecule has 9 nitrogen and oxygen atoms in total. The van der Waals surface area contributed by atoms with Gasteiger partial charge in [0.1, 0.15) is 0 Å². The molecule has 2 N–H and O–H groups in total. The van der Waals surface area contributed by atoms with Crippen LogP contribution in [0.15, 0.2) is 82.6 Å². The number of hydrogen-bond donors (Lipinski definition) is 2. The number of ether oxygens (including phenoxy) is 2. The molecule has 4 aromatic rings. The first-order chi connectivity index (χ1) is 24.0. The maximum absolute atomic E-state index is 14.0. The number of thioether (sulfide) groups is 1. The average Bonchev–Trinajstić information content (AvgIpc) is 3.83. The number of H-pyrrole nitrogens is 1. The summed E-state index contributed by atoms with van der Waals surface area (Å²) in [5, 5.41) is 3.39. The number of carbonyl (C=O) groups is 3. The number of nitrogens with zero attached hydrogens (tertiary/aromatic N) is 1. The summed E-state index contributed by atoms with van der Waals surface area (Å²) < 4.78 is 52.5. The fraction of sp³-hybridized carbons (Fsp3) is 0.333. The smallest absolute Gasteiger partial charge is 0.416 e. The minimum absolute atomic E-state index is 0.0753. The number of rotatable bonds is 8.